The van der Waals surface area contributed by atoms with Crippen molar-refractivity contribution in [1.82, 2.24) is 14.5 Å². The molecule has 0 radical (unpaired) electrons. The topological polar surface area (TPSA) is 71.6 Å². The zero-order valence-electron chi connectivity index (χ0n) is 15.2. The van der Waals surface area contributed by atoms with E-state index in [1.54, 1.807) is 53.5 Å². The number of hydrogen-bond donors (Lipinski definition) is 0. The Labute approximate surface area is 162 Å². The van der Waals surface area contributed by atoms with Crippen LogP contribution in [0.15, 0.2) is 84.0 Å². The van der Waals surface area contributed by atoms with Crippen LogP contribution in [0.2, 0.25) is 0 Å². The third kappa shape index (κ3) is 3.19. The monoisotopic (exact) mass is 364 g/mol. The number of rotatable bonds is 3. The van der Waals surface area contributed by atoms with Gasteiger partial charge in [0.15, 0.2) is 5.82 Å². The van der Waals surface area contributed by atoms with Gasteiger partial charge in [0, 0.05) is 41.0 Å². The van der Waals surface area contributed by atoms with Crippen LogP contribution in [-0.2, 0) is 0 Å². The Hall–Kier alpha value is -4.04. The number of nitrogens with zero attached hydrogens (tertiary/aromatic N) is 4. The quantitative estimate of drug-likeness (QED) is 0.548. The third-order valence-electron chi connectivity index (χ3n) is 4.49. The second-order valence-electron chi connectivity index (χ2n) is 6.38. The molecule has 0 saturated carbocycles. The van der Waals surface area contributed by atoms with Gasteiger partial charge in [0.25, 0.3) is 5.56 Å². The van der Waals surface area contributed by atoms with Gasteiger partial charge in [0.05, 0.1) is 11.6 Å². The summed E-state index contributed by atoms with van der Waals surface area (Å²) in [6.45, 7) is 2.00. The Balaban J connectivity index is 2.03. The fourth-order valence-electron chi connectivity index (χ4n) is 3.06. The van der Waals surface area contributed by atoms with E-state index in [9.17, 15) is 10.1 Å². The number of hydrogen-bond acceptors (Lipinski definition) is 4. The lowest BCUT2D eigenvalue weighted by molar-refractivity contribution is 0.988. The molecule has 0 spiro atoms. The van der Waals surface area contributed by atoms with Crippen molar-refractivity contribution in [3.63, 3.8) is 0 Å². The molecular formula is C23H16N4O. The standard InChI is InChI=1S/C23H16N4O/c1-16-7-9-19(10-8-16)27-15-18(22-25-11-4-12-26-22)13-21(23(27)28)20-6-3-2-5-17(20)14-24/h2-13,15H,1H3. The van der Waals surface area contributed by atoms with E-state index in [1.807, 2.05) is 37.3 Å². The maximum atomic E-state index is 13.3. The van der Waals surface area contributed by atoms with Gasteiger partial charge >= 0.3 is 0 Å². The summed E-state index contributed by atoms with van der Waals surface area (Å²) >= 11 is 0. The van der Waals surface area contributed by atoms with Crippen molar-refractivity contribution in [3.05, 3.63) is 101 Å². The molecule has 2 heterocycles. The molecule has 0 aliphatic carbocycles. The molecule has 0 aliphatic heterocycles. The first kappa shape index (κ1) is 17.4. The minimum Gasteiger partial charge on any atom is -0.283 e. The number of nitriles is 1. The second-order valence-corrected chi connectivity index (χ2v) is 6.38. The molecule has 0 fully saturated rings. The van der Waals surface area contributed by atoms with E-state index in [-0.39, 0.29) is 5.56 Å². The molecule has 134 valence electrons. The maximum Gasteiger partial charge on any atom is 0.263 e. The molecule has 28 heavy (non-hydrogen) atoms. The number of aryl methyl sites for hydroxylation is 1. The van der Waals surface area contributed by atoms with Gasteiger partial charge < -0.3 is 0 Å². The van der Waals surface area contributed by atoms with E-state index in [4.69, 9.17) is 0 Å². The first-order valence-corrected chi connectivity index (χ1v) is 8.78. The first-order chi connectivity index (χ1) is 13.7. The van der Waals surface area contributed by atoms with Crippen molar-refractivity contribution in [2.75, 3.05) is 0 Å². The molecule has 0 saturated heterocycles. The summed E-state index contributed by atoms with van der Waals surface area (Å²) in [5.41, 5.74) is 3.81. The number of pyridine rings is 1. The van der Waals surface area contributed by atoms with Crippen molar-refractivity contribution in [3.8, 4) is 34.3 Å². The molecule has 0 atom stereocenters. The molecule has 5 nitrogen and oxygen atoms in total. The summed E-state index contributed by atoms with van der Waals surface area (Å²) < 4.78 is 1.58. The predicted molar refractivity (Wildman–Crippen MR) is 108 cm³/mol. The van der Waals surface area contributed by atoms with Gasteiger partial charge in [-0.25, -0.2) is 9.97 Å². The molecule has 0 aliphatic rings. The lowest BCUT2D eigenvalue weighted by Gasteiger charge is -2.12. The van der Waals surface area contributed by atoms with Crippen LogP contribution in [-0.4, -0.2) is 14.5 Å². The van der Waals surface area contributed by atoms with Crippen molar-refractivity contribution in [2.24, 2.45) is 0 Å². The highest BCUT2D eigenvalue weighted by Crippen LogP contribution is 2.25. The van der Waals surface area contributed by atoms with Crippen LogP contribution in [0.5, 0.6) is 0 Å². The van der Waals surface area contributed by atoms with Crippen LogP contribution in [0, 0.1) is 18.3 Å². The number of benzene rings is 2. The van der Waals surface area contributed by atoms with Gasteiger partial charge in [0.2, 0.25) is 0 Å². The zero-order chi connectivity index (χ0) is 19.5. The van der Waals surface area contributed by atoms with Crippen molar-refractivity contribution in [1.29, 1.82) is 5.26 Å². The van der Waals surface area contributed by atoms with E-state index in [2.05, 4.69) is 16.0 Å². The van der Waals surface area contributed by atoms with Crippen molar-refractivity contribution in [2.45, 2.75) is 6.92 Å². The summed E-state index contributed by atoms with van der Waals surface area (Å²) in [4.78, 5) is 21.9. The molecule has 5 heteroatoms. The highest BCUT2D eigenvalue weighted by Gasteiger charge is 2.15. The van der Waals surface area contributed by atoms with Crippen LogP contribution in [0.25, 0.3) is 28.2 Å². The minimum atomic E-state index is -0.203. The molecule has 0 bridgehead atoms. The number of aromatic nitrogens is 3. The van der Waals surface area contributed by atoms with Gasteiger partial charge in [-0.3, -0.25) is 9.36 Å². The van der Waals surface area contributed by atoms with E-state index in [0.717, 1.165) is 11.3 Å². The smallest absolute Gasteiger partial charge is 0.263 e. The minimum absolute atomic E-state index is 0.203. The van der Waals surface area contributed by atoms with Crippen LogP contribution in [0.1, 0.15) is 11.1 Å². The summed E-state index contributed by atoms with van der Waals surface area (Å²) in [6.07, 6.45) is 5.06. The normalized spacial score (nSPS) is 10.4. The fourth-order valence-corrected chi connectivity index (χ4v) is 3.06. The predicted octanol–water partition coefficient (Wildman–Crippen LogP) is 4.14. The summed E-state index contributed by atoms with van der Waals surface area (Å²) in [7, 11) is 0. The van der Waals surface area contributed by atoms with Crippen molar-refractivity contribution < 1.29 is 0 Å². The lowest BCUT2D eigenvalue weighted by Crippen LogP contribution is -2.20. The van der Waals surface area contributed by atoms with Crippen LogP contribution < -0.4 is 5.56 Å². The van der Waals surface area contributed by atoms with E-state index >= 15 is 0 Å². The second kappa shape index (κ2) is 7.29. The largest absolute Gasteiger partial charge is 0.283 e. The molecule has 0 amide bonds. The van der Waals surface area contributed by atoms with Crippen molar-refractivity contribution >= 4 is 0 Å². The zero-order valence-corrected chi connectivity index (χ0v) is 15.2. The molecule has 2 aromatic heterocycles. The Morgan fingerprint density at radius 2 is 1.64 bits per heavy atom. The SMILES string of the molecule is Cc1ccc(-n2cc(-c3ncccn3)cc(-c3ccccc3C#N)c2=O)cc1. The van der Waals surface area contributed by atoms with Gasteiger partial charge in [-0.05, 0) is 37.3 Å². The summed E-state index contributed by atoms with van der Waals surface area (Å²) in [5, 5.41) is 9.49. The van der Waals surface area contributed by atoms with Crippen LogP contribution in [0.4, 0.5) is 0 Å². The van der Waals surface area contributed by atoms with E-state index in [0.29, 0.717) is 28.1 Å². The third-order valence-corrected chi connectivity index (χ3v) is 4.49. The Morgan fingerprint density at radius 3 is 2.36 bits per heavy atom. The van der Waals surface area contributed by atoms with Gasteiger partial charge in [0.1, 0.15) is 0 Å². The van der Waals surface area contributed by atoms with Gasteiger partial charge in [-0.2, -0.15) is 5.26 Å². The highest BCUT2D eigenvalue weighted by atomic mass is 16.1. The summed E-state index contributed by atoms with van der Waals surface area (Å²) in [6, 6.07) is 20.4. The molecule has 0 N–H and O–H groups in total. The molecule has 4 aromatic rings. The Bertz CT molecular complexity index is 1240. The Morgan fingerprint density at radius 1 is 0.929 bits per heavy atom. The lowest BCUT2D eigenvalue weighted by atomic mass is 10.00. The Kier molecular flexibility index (Phi) is 4.53. The van der Waals surface area contributed by atoms with Gasteiger partial charge in [-0.1, -0.05) is 35.9 Å². The van der Waals surface area contributed by atoms with Crippen LogP contribution in [0.3, 0.4) is 0 Å². The first-order valence-electron chi connectivity index (χ1n) is 8.78. The molecule has 4 rings (SSSR count). The van der Waals surface area contributed by atoms with E-state index in [1.165, 1.54) is 0 Å². The fraction of sp³-hybridized carbons (Fsp3) is 0.0435. The molecule has 0 unspecified atom stereocenters. The molecule has 2 aromatic carbocycles. The van der Waals surface area contributed by atoms with Gasteiger partial charge in [-0.15, -0.1) is 0 Å². The maximum absolute atomic E-state index is 13.3. The molecular weight excluding hydrogens is 348 g/mol. The average Bonchev–Trinajstić information content (AvgIpc) is 2.75. The van der Waals surface area contributed by atoms with E-state index < -0.39 is 0 Å². The highest BCUT2D eigenvalue weighted by molar-refractivity contribution is 5.74. The summed E-state index contributed by atoms with van der Waals surface area (Å²) in [5.74, 6) is 0.513. The average molecular weight is 364 g/mol. The van der Waals surface area contributed by atoms with Crippen LogP contribution >= 0.6 is 0 Å².